The van der Waals surface area contributed by atoms with E-state index in [0.29, 0.717) is 12.8 Å². The van der Waals surface area contributed by atoms with Gasteiger partial charge < -0.3 is 14.6 Å². The summed E-state index contributed by atoms with van der Waals surface area (Å²) in [7, 11) is 0. The molecule has 0 radical (unpaired) electrons. The summed E-state index contributed by atoms with van der Waals surface area (Å²) >= 11 is 0. The number of fused-ring (bicyclic) bond motifs is 2. The largest absolute Gasteiger partial charge is 0.462 e. The third kappa shape index (κ3) is 10.2. The molecule has 4 atom stereocenters. The zero-order chi connectivity index (χ0) is 20.0. The molecule has 4 heteroatoms. The predicted octanol–water partition coefficient (Wildman–Crippen LogP) is 6.08. The molecule has 2 fully saturated rings. The van der Waals surface area contributed by atoms with Gasteiger partial charge in [-0.2, -0.15) is 0 Å². The standard InChI is InChI=1S/C24H44O4/c1-2-3-4-5-6-7-8-9-10-11-12-13-14-15-20(25)16-21-17-22-18-23(27-21)19-24(26)28-22/h20-23,25H,2-19H2,1H3/t20-,21+,22+,23-/m1/s1. The van der Waals surface area contributed by atoms with Crippen LogP contribution in [0.15, 0.2) is 0 Å². The molecule has 2 aliphatic heterocycles. The van der Waals surface area contributed by atoms with Gasteiger partial charge in [-0.05, 0) is 12.8 Å². The van der Waals surface area contributed by atoms with E-state index in [1.807, 2.05) is 0 Å². The van der Waals surface area contributed by atoms with Gasteiger partial charge >= 0.3 is 5.97 Å². The molecule has 0 aromatic heterocycles. The minimum atomic E-state index is -0.285. The SMILES string of the molecule is CCCCCCCCCCCCCCC[C@@H](O)C[C@H]1C[C@H]2C[C@H](CC(=O)O2)O1. The monoisotopic (exact) mass is 396 g/mol. The molecular formula is C24H44O4. The fourth-order valence-electron chi connectivity index (χ4n) is 4.68. The highest BCUT2D eigenvalue weighted by atomic mass is 16.6. The summed E-state index contributed by atoms with van der Waals surface area (Å²) in [4.78, 5) is 11.4. The lowest BCUT2D eigenvalue weighted by Gasteiger charge is -2.39. The first kappa shape index (κ1) is 23.7. The van der Waals surface area contributed by atoms with Gasteiger partial charge in [0.2, 0.25) is 0 Å². The second-order valence-electron chi connectivity index (χ2n) is 9.09. The smallest absolute Gasteiger partial charge is 0.308 e. The van der Waals surface area contributed by atoms with Crippen LogP contribution in [0, 0.1) is 0 Å². The zero-order valence-electron chi connectivity index (χ0n) is 18.2. The molecule has 1 N–H and O–H groups in total. The van der Waals surface area contributed by atoms with Gasteiger partial charge in [-0.1, -0.05) is 90.4 Å². The van der Waals surface area contributed by atoms with E-state index in [9.17, 15) is 9.90 Å². The van der Waals surface area contributed by atoms with Crippen LogP contribution in [0.5, 0.6) is 0 Å². The lowest BCUT2D eigenvalue weighted by Crippen LogP contribution is -2.44. The van der Waals surface area contributed by atoms with Gasteiger partial charge in [-0.25, -0.2) is 0 Å². The first-order valence-corrected chi connectivity index (χ1v) is 12.2. The number of hydrogen-bond donors (Lipinski definition) is 1. The average Bonchev–Trinajstić information content (AvgIpc) is 2.64. The third-order valence-electron chi connectivity index (χ3n) is 6.30. The Balaban J connectivity index is 1.36. The van der Waals surface area contributed by atoms with Crippen LogP contribution < -0.4 is 0 Å². The minimum absolute atomic E-state index is 0.00791. The number of hydrogen-bond acceptors (Lipinski definition) is 4. The summed E-state index contributed by atoms with van der Waals surface area (Å²) < 4.78 is 11.3. The number of ether oxygens (including phenoxy) is 2. The van der Waals surface area contributed by atoms with Crippen molar-refractivity contribution in [1.29, 1.82) is 0 Å². The first-order chi connectivity index (χ1) is 13.7. The zero-order valence-corrected chi connectivity index (χ0v) is 18.2. The van der Waals surface area contributed by atoms with Gasteiger partial charge in [-0.3, -0.25) is 4.79 Å². The molecule has 28 heavy (non-hydrogen) atoms. The van der Waals surface area contributed by atoms with Gasteiger partial charge in [-0.15, -0.1) is 0 Å². The quantitative estimate of drug-likeness (QED) is 0.254. The Kier molecular flexibility index (Phi) is 12.2. The van der Waals surface area contributed by atoms with Crippen LogP contribution in [0.4, 0.5) is 0 Å². The Labute approximate surface area is 172 Å². The summed E-state index contributed by atoms with van der Waals surface area (Å²) in [6.07, 6.45) is 20.8. The minimum Gasteiger partial charge on any atom is -0.462 e. The van der Waals surface area contributed by atoms with E-state index in [1.165, 1.54) is 77.0 Å². The Hall–Kier alpha value is -0.610. The molecule has 0 aliphatic carbocycles. The molecular weight excluding hydrogens is 352 g/mol. The van der Waals surface area contributed by atoms with E-state index < -0.39 is 0 Å². The highest BCUT2D eigenvalue weighted by Crippen LogP contribution is 2.31. The van der Waals surface area contributed by atoms with E-state index in [-0.39, 0.29) is 30.4 Å². The number of aliphatic hydroxyl groups is 1. The third-order valence-corrected chi connectivity index (χ3v) is 6.30. The highest BCUT2D eigenvalue weighted by molar-refractivity contribution is 5.71. The highest BCUT2D eigenvalue weighted by Gasteiger charge is 2.37. The molecule has 164 valence electrons. The molecule has 2 bridgehead atoms. The van der Waals surface area contributed by atoms with Gasteiger partial charge in [0, 0.05) is 12.8 Å². The van der Waals surface area contributed by atoms with Crippen LogP contribution in [-0.2, 0) is 14.3 Å². The van der Waals surface area contributed by atoms with E-state index >= 15 is 0 Å². The summed E-state index contributed by atoms with van der Waals surface area (Å²) in [6.45, 7) is 2.27. The van der Waals surface area contributed by atoms with Crippen LogP contribution >= 0.6 is 0 Å². The van der Waals surface area contributed by atoms with Crippen molar-refractivity contribution in [3.05, 3.63) is 0 Å². The van der Waals surface area contributed by atoms with Crippen molar-refractivity contribution in [2.24, 2.45) is 0 Å². The first-order valence-electron chi connectivity index (χ1n) is 12.2. The number of aliphatic hydroxyl groups excluding tert-OH is 1. The Morgan fingerprint density at radius 3 is 2.00 bits per heavy atom. The average molecular weight is 397 g/mol. The van der Waals surface area contributed by atoms with Crippen LogP contribution in [0.25, 0.3) is 0 Å². The Morgan fingerprint density at radius 1 is 0.857 bits per heavy atom. The number of unbranched alkanes of at least 4 members (excludes halogenated alkanes) is 12. The lowest BCUT2D eigenvalue weighted by molar-refractivity contribution is -0.186. The van der Waals surface area contributed by atoms with Gasteiger partial charge in [0.05, 0.1) is 24.7 Å². The van der Waals surface area contributed by atoms with E-state index in [0.717, 1.165) is 25.7 Å². The van der Waals surface area contributed by atoms with Gasteiger partial charge in [0.1, 0.15) is 6.10 Å². The van der Waals surface area contributed by atoms with Crippen molar-refractivity contribution in [2.45, 2.75) is 147 Å². The maximum Gasteiger partial charge on any atom is 0.308 e. The van der Waals surface area contributed by atoms with Gasteiger partial charge in [0.15, 0.2) is 0 Å². The van der Waals surface area contributed by atoms with Crippen molar-refractivity contribution >= 4 is 5.97 Å². The Bertz CT molecular complexity index is 395. The number of rotatable bonds is 16. The maximum absolute atomic E-state index is 11.4. The van der Waals surface area contributed by atoms with E-state index in [2.05, 4.69) is 6.92 Å². The molecule has 0 unspecified atom stereocenters. The van der Waals surface area contributed by atoms with Crippen molar-refractivity contribution in [2.75, 3.05) is 0 Å². The van der Waals surface area contributed by atoms with Crippen molar-refractivity contribution in [1.82, 2.24) is 0 Å². The van der Waals surface area contributed by atoms with Crippen LogP contribution in [0.3, 0.4) is 0 Å². The number of carbonyl (C=O) groups is 1. The number of esters is 1. The van der Waals surface area contributed by atoms with Crippen molar-refractivity contribution in [3.8, 4) is 0 Å². The molecule has 0 spiro atoms. The molecule has 0 aromatic carbocycles. The maximum atomic E-state index is 11.4. The van der Waals surface area contributed by atoms with Crippen molar-refractivity contribution < 1.29 is 19.4 Å². The lowest BCUT2D eigenvalue weighted by atomic mass is 9.93. The molecule has 2 rings (SSSR count). The molecule has 0 aromatic rings. The summed E-state index contributed by atoms with van der Waals surface area (Å²) in [5, 5.41) is 10.3. The molecule has 0 amide bonds. The van der Waals surface area contributed by atoms with E-state index in [1.54, 1.807) is 0 Å². The topological polar surface area (TPSA) is 55.8 Å². The molecule has 2 aliphatic rings. The fraction of sp³-hybridized carbons (Fsp3) is 0.958. The molecule has 4 nitrogen and oxygen atoms in total. The van der Waals surface area contributed by atoms with Crippen LogP contribution in [-0.4, -0.2) is 35.5 Å². The fourth-order valence-corrected chi connectivity index (χ4v) is 4.68. The van der Waals surface area contributed by atoms with Gasteiger partial charge in [0.25, 0.3) is 0 Å². The summed E-state index contributed by atoms with van der Waals surface area (Å²) in [5.74, 6) is -0.132. The molecule has 2 heterocycles. The summed E-state index contributed by atoms with van der Waals surface area (Å²) in [6, 6.07) is 0. The van der Waals surface area contributed by atoms with Crippen LogP contribution in [0.2, 0.25) is 0 Å². The normalized spacial score (nSPS) is 25.5. The van der Waals surface area contributed by atoms with E-state index in [4.69, 9.17) is 9.47 Å². The van der Waals surface area contributed by atoms with Crippen molar-refractivity contribution in [3.63, 3.8) is 0 Å². The molecule has 2 saturated heterocycles. The molecule has 0 saturated carbocycles. The number of carbonyl (C=O) groups excluding carboxylic acids is 1. The Morgan fingerprint density at radius 2 is 1.43 bits per heavy atom. The predicted molar refractivity (Wildman–Crippen MR) is 113 cm³/mol. The summed E-state index contributed by atoms with van der Waals surface area (Å²) in [5.41, 5.74) is 0. The second kappa shape index (κ2) is 14.4. The van der Waals surface area contributed by atoms with Crippen LogP contribution in [0.1, 0.15) is 122 Å². The second-order valence-corrected chi connectivity index (χ2v) is 9.09.